The fourth-order valence-corrected chi connectivity index (χ4v) is 2.88. The number of hydrogen-bond acceptors (Lipinski definition) is 5. The van der Waals surface area contributed by atoms with Gasteiger partial charge in [-0.05, 0) is 24.6 Å². The Kier molecular flexibility index (Phi) is 5.20. The van der Waals surface area contributed by atoms with Gasteiger partial charge < -0.3 is 10.1 Å². The number of nitrogens with zero attached hydrogens (tertiary/aromatic N) is 2. The van der Waals surface area contributed by atoms with Gasteiger partial charge in [0.1, 0.15) is 11.3 Å². The lowest BCUT2D eigenvalue weighted by Crippen LogP contribution is -2.45. The molecule has 0 atom stereocenters. The van der Waals surface area contributed by atoms with Gasteiger partial charge in [-0.2, -0.15) is 0 Å². The van der Waals surface area contributed by atoms with Gasteiger partial charge in [0, 0.05) is 43.3 Å². The summed E-state index contributed by atoms with van der Waals surface area (Å²) in [5, 5.41) is 4.18. The van der Waals surface area contributed by atoms with Gasteiger partial charge in [-0.3, -0.25) is 14.7 Å². The second-order valence-corrected chi connectivity index (χ2v) is 5.81. The molecular weight excluding hydrogens is 290 g/mol. The maximum atomic E-state index is 12.7. The van der Waals surface area contributed by atoms with Crippen molar-refractivity contribution in [3.63, 3.8) is 0 Å². The molecule has 1 aromatic carbocycles. The molecule has 1 aromatic heterocycles. The second-order valence-electron chi connectivity index (χ2n) is 5.81. The first-order chi connectivity index (χ1) is 11.3. The number of piperazine rings is 1. The molecule has 2 aromatic rings. The van der Waals surface area contributed by atoms with Gasteiger partial charge in [0.05, 0.1) is 13.2 Å². The van der Waals surface area contributed by atoms with Gasteiger partial charge in [-0.15, -0.1) is 0 Å². The van der Waals surface area contributed by atoms with Crippen molar-refractivity contribution in [1.82, 2.24) is 15.2 Å². The molecule has 5 heteroatoms. The molecule has 1 aliphatic heterocycles. The summed E-state index contributed by atoms with van der Waals surface area (Å²) >= 11 is 0. The lowest BCUT2D eigenvalue weighted by atomic mass is 10.0. The Morgan fingerprint density at radius 1 is 1.30 bits per heavy atom. The number of carbonyl (C=O) groups is 1. The summed E-state index contributed by atoms with van der Waals surface area (Å²) in [4.78, 5) is 19.3. The van der Waals surface area contributed by atoms with Gasteiger partial charge in [0.15, 0.2) is 5.78 Å². The van der Waals surface area contributed by atoms with E-state index in [9.17, 15) is 4.79 Å². The molecule has 0 amide bonds. The minimum absolute atomic E-state index is 0.145. The maximum Gasteiger partial charge on any atom is 0.177 e. The van der Waals surface area contributed by atoms with Gasteiger partial charge in [0.2, 0.25) is 0 Å². The van der Waals surface area contributed by atoms with Crippen molar-refractivity contribution in [3.8, 4) is 5.75 Å². The third-order valence-electron chi connectivity index (χ3n) is 4.07. The standard InChI is InChI=1S/C18H23N3O2/c1-2-12-23-17-6-5-14(15-4-3-7-20-18(15)17)16(22)13-21-10-8-19-9-11-21/h3-7,19H,2,8-13H2,1H3. The van der Waals surface area contributed by atoms with Crippen molar-refractivity contribution in [2.45, 2.75) is 13.3 Å². The Balaban J connectivity index is 1.87. The minimum atomic E-state index is 0.145. The molecule has 1 saturated heterocycles. The van der Waals surface area contributed by atoms with E-state index in [0.717, 1.165) is 54.8 Å². The molecule has 122 valence electrons. The summed E-state index contributed by atoms with van der Waals surface area (Å²) < 4.78 is 5.76. The molecule has 23 heavy (non-hydrogen) atoms. The molecule has 5 nitrogen and oxygen atoms in total. The summed E-state index contributed by atoms with van der Waals surface area (Å²) in [6.07, 6.45) is 2.68. The van der Waals surface area contributed by atoms with Crippen LogP contribution < -0.4 is 10.1 Å². The number of ether oxygens (including phenoxy) is 1. The van der Waals surface area contributed by atoms with Crippen LogP contribution in [0.5, 0.6) is 5.75 Å². The van der Waals surface area contributed by atoms with Crippen LogP contribution in [0, 0.1) is 0 Å². The summed E-state index contributed by atoms with van der Waals surface area (Å²) in [6.45, 7) is 6.90. The van der Waals surface area contributed by atoms with Crippen LogP contribution in [-0.2, 0) is 0 Å². The SMILES string of the molecule is CCCOc1ccc(C(=O)CN2CCNCC2)c2cccnc12. The number of Topliss-reactive ketones (excluding diaryl/α,β-unsaturated/α-hetero) is 1. The van der Waals surface area contributed by atoms with E-state index in [0.29, 0.717) is 13.2 Å². The second kappa shape index (κ2) is 7.53. The molecule has 1 fully saturated rings. The Bertz CT molecular complexity index is 681. The lowest BCUT2D eigenvalue weighted by molar-refractivity contribution is 0.0923. The number of aromatic nitrogens is 1. The number of rotatable bonds is 6. The average molecular weight is 313 g/mol. The van der Waals surface area contributed by atoms with Crippen LogP contribution in [0.25, 0.3) is 10.9 Å². The van der Waals surface area contributed by atoms with E-state index >= 15 is 0 Å². The van der Waals surface area contributed by atoms with Crippen molar-refractivity contribution in [2.75, 3.05) is 39.3 Å². The molecule has 0 spiro atoms. The van der Waals surface area contributed by atoms with Crippen LogP contribution in [0.2, 0.25) is 0 Å². The minimum Gasteiger partial charge on any atom is -0.491 e. The molecule has 0 bridgehead atoms. The number of benzene rings is 1. The molecular formula is C18H23N3O2. The zero-order valence-corrected chi connectivity index (χ0v) is 13.5. The van der Waals surface area contributed by atoms with Crippen LogP contribution in [0.3, 0.4) is 0 Å². The van der Waals surface area contributed by atoms with E-state index in [1.54, 1.807) is 6.20 Å². The molecule has 0 unspecified atom stereocenters. The van der Waals surface area contributed by atoms with Crippen LogP contribution in [0.15, 0.2) is 30.5 Å². The van der Waals surface area contributed by atoms with Crippen molar-refractivity contribution < 1.29 is 9.53 Å². The van der Waals surface area contributed by atoms with Crippen LogP contribution in [-0.4, -0.2) is 55.0 Å². The average Bonchev–Trinajstić information content (AvgIpc) is 2.60. The smallest absolute Gasteiger partial charge is 0.177 e. The normalized spacial score (nSPS) is 15.7. The van der Waals surface area contributed by atoms with Crippen molar-refractivity contribution in [2.24, 2.45) is 0 Å². The fourth-order valence-electron chi connectivity index (χ4n) is 2.88. The topological polar surface area (TPSA) is 54.5 Å². The number of ketones is 1. The Morgan fingerprint density at radius 2 is 2.13 bits per heavy atom. The molecule has 0 aliphatic carbocycles. The maximum absolute atomic E-state index is 12.7. The summed E-state index contributed by atoms with van der Waals surface area (Å²) in [5.74, 6) is 0.896. The van der Waals surface area contributed by atoms with Crippen molar-refractivity contribution in [3.05, 3.63) is 36.0 Å². The molecule has 3 rings (SSSR count). The van der Waals surface area contributed by atoms with Crippen molar-refractivity contribution in [1.29, 1.82) is 0 Å². The van der Waals surface area contributed by atoms with E-state index in [1.807, 2.05) is 24.3 Å². The Morgan fingerprint density at radius 3 is 2.91 bits per heavy atom. The fraction of sp³-hybridized carbons (Fsp3) is 0.444. The largest absolute Gasteiger partial charge is 0.491 e. The van der Waals surface area contributed by atoms with Gasteiger partial charge in [-0.1, -0.05) is 13.0 Å². The summed E-state index contributed by atoms with van der Waals surface area (Å²) in [7, 11) is 0. The number of fused-ring (bicyclic) bond motifs is 1. The number of carbonyl (C=O) groups excluding carboxylic acids is 1. The third kappa shape index (κ3) is 3.68. The zero-order chi connectivity index (χ0) is 16.1. The van der Waals surface area contributed by atoms with E-state index in [2.05, 4.69) is 22.1 Å². The molecule has 0 saturated carbocycles. The highest BCUT2D eigenvalue weighted by atomic mass is 16.5. The Hall–Kier alpha value is -1.98. The third-order valence-corrected chi connectivity index (χ3v) is 4.07. The summed E-state index contributed by atoms with van der Waals surface area (Å²) in [5.41, 5.74) is 1.50. The first-order valence-electron chi connectivity index (χ1n) is 8.26. The molecule has 0 radical (unpaired) electrons. The van der Waals surface area contributed by atoms with E-state index in [-0.39, 0.29) is 5.78 Å². The van der Waals surface area contributed by atoms with E-state index in [4.69, 9.17) is 4.74 Å². The van der Waals surface area contributed by atoms with Crippen LogP contribution in [0.1, 0.15) is 23.7 Å². The monoisotopic (exact) mass is 313 g/mol. The quantitative estimate of drug-likeness (QED) is 0.828. The van der Waals surface area contributed by atoms with E-state index < -0.39 is 0 Å². The van der Waals surface area contributed by atoms with Crippen LogP contribution >= 0.6 is 0 Å². The molecule has 2 heterocycles. The lowest BCUT2D eigenvalue weighted by Gasteiger charge is -2.26. The molecule has 1 N–H and O–H groups in total. The highest BCUT2D eigenvalue weighted by Gasteiger charge is 2.18. The highest BCUT2D eigenvalue weighted by Crippen LogP contribution is 2.27. The number of nitrogens with one attached hydrogen (secondary N) is 1. The Labute approximate surface area is 136 Å². The van der Waals surface area contributed by atoms with Gasteiger partial charge in [0.25, 0.3) is 0 Å². The number of pyridine rings is 1. The van der Waals surface area contributed by atoms with Gasteiger partial charge >= 0.3 is 0 Å². The van der Waals surface area contributed by atoms with Crippen molar-refractivity contribution >= 4 is 16.7 Å². The van der Waals surface area contributed by atoms with Crippen LogP contribution in [0.4, 0.5) is 0 Å². The first kappa shape index (κ1) is 15.9. The predicted octanol–water partition coefficient (Wildman–Crippen LogP) is 2.11. The van der Waals surface area contributed by atoms with E-state index in [1.165, 1.54) is 0 Å². The highest BCUT2D eigenvalue weighted by molar-refractivity contribution is 6.09. The number of hydrogen-bond donors (Lipinski definition) is 1. The molecule has 1 aliphatic rings. The summed E-state index contributed by atoms with van der Waals surface area (Å²) in [6, 6.07) is 7.56. The first-order valence-corrected chi connectivity index (χ1v) is 8.26. The predicted molar refractivity (Wildman–Crippen MR) is 91.2 cm³/mol. The van der Waals surface area contributed by atoms with Gasteiger partial charge in [-0.25, -0.2) is 0 Å². The zero-order valence-electron chi connectivity index (χ0n) is 13.5.